The van der Waals surface area contributed by atoms with Gasteiger partial charge in [-0.25, -0.2) is 8.42 Å². The predicted octanol–water partition coefficient (Wildman–Crippen LogP) is 1.98. The van der Waals surface area contributed by atoms with Crippen LogP contribution < -0.4 is 10.5 Å². The van der Waals surface area contributed by atoms with E-state index >= 15 is 0 Å². The highest BCUT2D eigenvalue weighted by atomic mass is 32.2. The summed E-state index contributed by atoms with van der Waals surface area (Å²) in [5.74, 6) is 0. The third kappa shape index (κ3) is 2.86. The van der Waals surface area contributed by atoms with Gasteiger partial charge in [0.25, 0.3) is 15.7 Å². The van der Waals surface area contributed by atoms with Crippen LogP contribution in [-0.2, 0) is 10.0 Å². The van der Waals surface area contributed by atoms with Crippen molar-refractivity contribution in [2.24, 2.45) is 0 Å². The summed E-state index contributed by atoms with van der Waals surface area (Å²) in [6.45, 7) is 0. The maximum absolute atomic E-state index is 12.1. The van der Waals surface area contributed by atoms with Crippen molar-refractivity contribution in [3.8, 4) is 0 Å². The summed E-state index contributed by atoms with van der Waals surface area (Å²) in [7, 11) is -3.88. The summed E-state index contributed by atoms with van der Waals surface area (Å²) in [4.78, 5) is 9.97. The van der Waals surface area contributed by atoms with Crippen molar-refractivity contribution >= 4 is 27.1 Å². The van der Waals surface area contributed by atoms with E-state index in [0.29, 0.717) is 0 Å². The fraction of sp³-hybridized carbons (Fsp3) is 0. The Balaban J connectivity index is 2.36. The Hall–Kier alpha value is -2.61. The molecule has 0 aliphatic heterocycles. The second-order valence-corrected chi connectivity index (χ2v) is 5.60. The number of nitrogens with two attached hydrogens (primary N) is 1. The summed E-state index contributed by atoms with van der Waals surface area (Å²) >= 11 is 0. The zero-order valence-electron chi connectivity index (χ0n) is 10.2. The molecule has 8 heteroatoms. The Kier molecular flexibility index (Phi) is 3.57. The van der Waals surface area contributed by atoms with Crippen LogP contribution in [0.1, 0.15) is 0 Å². The quantitative estimate of drug-likeness (QED) is 0.508. The molecule has 0 aliphatic rings. The molecule has 0 aliphatic carbocycles. The molecule has 20 heavy (non-hydrogen) atoms. The SMILES string of the molecule is Nc1ccccc1S(=O)(=O)Nc1cccc([N+](=O)[O-])c1. The number of para-hydroxylation sites is 1. The number of nitrogen functional groups attached to an aromatic ring is 1. The lowest BCUT2D eigenvalue weighted by Crippen LogP contribution is -2.14. The average Bonchev–Trinajstić information content (AvgIpc) is 2.38. The van der Waals surface area contributed by atoms with Crippen molar-refractivity contribution in [3.63, 3.8) is 0 Å². The van der Waals surface area contributed by atoms with E-state index in [0.717, 1.165) is 6.07 Å². The van der Waals surface area contributed by atoms with Gasteiger partial charge >= 0.3 is 0 Å². The van der Waals surface area contributed by atoms with Gasteiger partial charge in [0.2, 0.25) is 0 Å². The molecule has 0 bridgehead atoms. The van der Waals surface area contributed by atoms with Gasteiger partial charge in [0.05, 0.1) is 16.3 Å². The molecule has 0 heterocycles. The first kappa shape index (κ1) is 13.8. The lowest BCUT2D eigenvalue weighted by Gasteiger charge is -2.09. The molecule has 0 spiro atoms. The second kappa shape index (κ2) is 5.17. The molecule has 0 amide bonds. The number of hydrogen-bond acceptors (Lipinski definition) is 5. The summed E-state index contributed by atoms with van der Waals surface area (Å²) in [5.41, 5.74) is 5.61. The van der Waals surface area contributed by atoms with Crippen molar-refractivity contribution in [3.05, 3.63) is 58.6 Å². The van der Waals surface area contributed by atoms with Crippen LogP contribution in [0.5, 0.6) is 0 Å². The number of nitrogens with one attached hydrogen (secondary N) is 1. The first-order chi connectivity index (χ1) is 9.40. The number of nitro groups is 1. The molecule has 2 rings (SSSR count). The normalized spacial score (nSPS) is 11.0. The van der Waals surface area contributed by atoms with Crippen molar-refractivity contribution in [2.45, 2.75) is 4.90 Å². The van der Waals surface area contributed by atoms with Gasteiger partial charge in [0.15, 0.2) is 0 Å². The summed E-state index contributed by atoms with van der Waals surface area (Å²) < 4.78 is 26.5. The highest BCUT2D eigenvalue weighted by Gasteiger charge is 2.18. The van der Waals surface area contributed by atoms with E-state index in [9.17, 15) is 18.5 Å². The summed E-state index contributed by atoms with van der Waals surface area (Å²) in [5, 5.41) is 10.7. The number of anilines is 2. The lowest BCUT2D eigenvalue weighted by molar-refractivity contribution is -0.384. The molecule has 0 saturated carbocycles. The molecule has 2 aromatic rings. The van der Waals surface area contributed by atoms with Gasteiger partial charge in [-0.1, -0.05) is 18.2 Å². The van der Waals surface area contributed by atoms with Gasteiger partial charge in [-0.3, -0.25) is 14.8 Å². The third-order valence-corrected chi connectivity index (χ3v) is 3.97. The molecule has 0 unspecified atom stereocenters. The number of non-ortho nitro benzene ring substituents is 1. The number of sulfonamides is 1. The Morgan fingerprint density at radius 3 is 2.45 bits per heavy atom. The van der Waals surface area contributed by atoms with Crippen LogP contribution in [0.4, 0.5) is 17.1 Å². The Bertz CT molecular complexity index is 759. The van der Waals surface area contributed by atoms with Gasteiger partial charge in [-0.15, -0.1) is 0 Å². The first-order valence-electron chi connectivity index (χ1n) is 5.52. The van der Waals surface area contributed by atoms with E-state index in [1.54, 1.807) is 12.1 Å². The molecular weight excluding hydrogens is 282 g/mol. The monoisotopic (exact) mass is 293 g/mol. The van der Waals surface area contributed by atoms with Gasteiger partial charge in [0.1, 0.15) is 4.90 Å². The maximum atomic E-state index is 12.1. The smallest absolute Gasteiger partial charge is 0.271 e. The topological polar surface area (TPSA) is 115 Å². The van der Waals surface area contributed by atoms with E-state index in [2.05, 4.69) is 4.72 Å². The van der Waals surface area contributed by atoms with Crippen molar-refractivity contribution in [2.75, 3.05) is 10.5 Å². The lowest BCUT2D eigenvalue weighted by atomic mass is 10.3. The largest absolute Gasteiger partial charge is 0.398 e. The van der Waals surface area contributed by atoms with Crippen LogP contribution in [0.25, 0.3) is 0 Å². The highest BCUT2D eigenvalue weighted by molar-refractivity contribution is 7.92. The first-order valence-corrected chi connectivity index (χ1v) is 7.00. The van der Waals surface area contributed by atoms with Crippen molar-refractivity contribution < 1.29 is 13.3 Å². The minimum atomic E-state index is -3.88. The zero-order valence-corrected chi connectivity index (χ0v) is 11.0. The third-order valence-electron chi connectivity index (χ3n) is 2.52. The molecule has 0 fully saturated rings. The molecule has 0 atom stereocenters. The minimum absolute atomic E-state index is 0.0773. The fourth-order valence-corrected chi connectivity index (χ4v) is 2.80. The molecule has 0 radical (unpaired) electrons. The Morgan fingerprint density at radius 1 is 1.10 bits per heavy atom. The number of rotatable bonds is 4. The molecule has 7 nitrogen and oxygen atoms in total. The number of nitro benzene ring substituents is 1. The van der Waals surface area contributed by atoms with Gasteiger partial charge < -0.3 is 5.73 Å². The van der Waals surface area contributed by atoms with E-state index in [1.807, 2.05) is 0 Å². The molecule has 3 N–H and O–H groups in total. The maximum Gasteiger partial charge on any atom is 0.271 e. The minimum Gasteiger partial charge on any atom is -0.398 e. The van der Waals surface area contributed by atoms with Crippen LogP contribution in [0.3, 0.4) is 0 Å². The number of hydrogen-bond donors (Lipinski definition) is 2. The summed E-state index contributed by atoms with van der Waals surface area (Å²) in [6.07, 6.45) is 0. The van der Waals surface area contributed by atoms with E-state index in [-0.39, 0.29) is 22.0 Å². The van der Waals surface area contributed by atoms with Crippen LogP contribution >= 0.6 is 0 Å². The average molecular weight is 293 g/mol. The fourth-order valence-electron chi connectivity index (χ4n) is 1.62. The van der Waals surface area contributed by atoms with Crippen LogP contribution in [0, 0.1) is 10.1 Å². The number of benzene rings is 2. The van der Waals surface area contributed by atoms with Crippen LogP contribution in [-0.4, -0.2) is 13.3 Å². The van der Waals surface area contributed by atoms with Crippen molar-refractivity contribution in [1.82, 2.24) is 0 Å². The van der Waals surface area contributed by atoms with Crippen LogP contribution in [0.15, 0.2) is 53.4 Å². The van der Waals surface area contributed by atoms with E-state index in [1.165, 1.54) is 30.3 Å². The van der Waals surface area contributed by atoms with Gasteiger partial charge in [0, 0.05) is 12.1 Å². The van der Waals surface area contributed by atoms with Gasteiger partial charge in [-0.2, -0.15) is 0 Å². The van der Waals surface area contributed by atoms with E-state index in [4.69, 9.17) is 5.73 Å². The van der Waals surface area contributed by atoms with E-state index < -0.39 is 14.9 Å². The molecule has 0 aromatic heterocycles. The highest BCUT2D eigenvalue weighted by Crippen LogP contribution is 2.23. The number of nitrogens with zero attached hydrogens (tertiary/aromatic N) is 1. The molecule has 2 aromatic carbocycles. The molecule has 104 valence electrons. The zero-order chi connectivity index (χ0) is 14.8. The van der Waals surface area contributed by atoms with Gasteiger partial charge in [-0.05, 0) is 18.2 Å². The molecular formula is C12H11N3O4S. The predicted molar refractivity (Wildman–Crippen MR) is 74.8 cm³/mol. The Labute approximate surface area is 115 Å². The van der Waals surface area contributed by atoms with Crippen molar-refractivity contribution in [1.29, 1.82) is 0 Å². The summed E-state index contributed by atoms with van der Waals surface area (Å²) in [6, 6.07) is 11.2. The van der Waals surface area contributed by atoms with Crippen LogP contribution in [0.2, 0.25) is 0 Å². The standard InChI is InChI=1S/C12H11N3O4S/c13-11-6-1-2-7-12(11)20(18,19)14-9-4-3-5-10(8-9)15(16)17/h1-8,14H,13H2. The Morgan fingerprint density at radius 2 is 1.80 bits per heavy atom. The second-order valence-electron chi connectivity index (χ2n) is 3.95. The molecule has 0 saturated heterocycles.